The number of carbonyl (C=O) groups excluding carboxylic acids is 1. The van der Waals surface area contributed by atoms with Crippen molar-refractivity contribution < 1.29 is 9.53 Å². The van der Waals surface area contributed by atoms with Crippen LogP contribution < -0.4 is 0 Å². The molecule has 0 N–H and O–H groups in total. The summed E-state index contributed by atoms with van der Waals surface area (Å²) < 4.78 is 6.96. The molecule has 0 amide bonds. The minimum Gasteiger partial charge on any atom is -0.464 e. The van der Waals surface area contributed by atoms with Crippen molar-refractivity contribution in [2.24, 2.45) is 0 Å². The topological polar surface area (TPSA) is 44.1 Å². The molecule has 0 aliphatic carbocycles. The number of aromatic nitrogens is 2. The van der Waals surface area contributed by atoms with Gasteiger partial charge in [0.2, 0.25) is 0 Å². The van der Waals surface area contributed by atoms with Crippen molar-refractivity contribution in [3.63, 3.8) is 0 Å². The monoisotopic (exact) mass is 376 g/mol. The van der Waals surface area contributed by atoms with Gasteiger partial charge in [-0.05, 0) is 42.0 Å². The van der Waals surface area contributed by atoms with Crippen LogP contribution in [0.15, 0.2) is 72.8 Å². The van der Waals surface area contributed by atoms with Crippen molar-refractivity contribution in [3.05, 3.63) is 89.2 Å². The zero-order valence-corrected chi connectivity index (χ0v) is 15.5. The minimum atomic E-state index is -0.440. The lowest BCUT2D eigenvalue weighted by molar-refractivity contribution is 0.0593. The van der Waals surface area contributed by atoms with E-state index < -0.39 is 5.97 Å². The molecule has 0 aliphatic rings. The first kappa shape index (κ1) is 17.3. The van der Waals surface area contributed by atoms with Gasteiger partial charge in [0, 0.05) is 21.6 Å². The van der Waals surface area contributed by atoms with E-state index in [9.17, 15) is 4.79 Å². The zero-order chi connectivity index (χ0) is 18.8. The second-order valence-electron chi connectivity index (χ2n) is 6.19. The quantitative estimate of drug-likeness (QED) is 0.460. The maximum Gasteiger partial charge on any atom is 0.356 e. The van der Waals surface area contributed by atoms with E-state index >= 15 is 0 Å². The number of benzene rings is 2. The summed E-state index contributed by atoms with van der Waals surface area (Å²) in [5.41, 5.74) is 4.31. The number of esters is 1. The highest BCUT2D eigenvalue weighted by Gasteiger charge is 2.13. The maximum atomic E-state index is 11.8. The zero-order valence-electron chi connectivity index (χ0n) is 14.7. The molecule has 4 nitrogen and oxygen atoms in total. The molecule has 0 bridgehead atoms. The maximum absolute atomic E-state index is 11.8. The SMILES string of the molecule is COC(=O)c1cccc(Cn2c(-c3ccccc3)cc3cc(Cl)ccc32)n1. The van der Waals surface area contributed by atoms with Crippen molar-refractivity contribution in [2.45, 2.75) is 6.54 Å². The third-order valence-corrected chi connectivity index (χ3v) is 4.69. The van der Waals surface area contributed by atoms with Crippen molar-refractivity contribution in [1.82, 2.24) is 9.55 Å². The highest BCUT2D eigenvalue weighted by Crippen LogP contribution is 2.30. The Morgan fingerprint density at radius 2 is 1.85 bits per heavy atom. The van der Waals surface area contributed by atoms with Gasteiger partial charge in [-0.25, -0.2) is 9.78 Å². The highest BCUT2D eigenvalue weighted by molar-refractivity contribution is 6.31. The molecule has 2 heterocycles. The fourth-order valence-electron chi connectivity index (χ4n) is 3.21. The molecule has 0 aliphatic heterocycles. The number of methoxy groups -OCH3 is 1. The Bertz CT molecular complexity index is 1120. The molecule has 0 fully saturated rings. The van der Waals surface area contributed by atoms with E-state index in [0.717, 1.165) is 27.9 Å². The van der Waals surface area contributed by atoms with Crippen LogP contribution in [0.4, 0.5) is 0 Å². The lowest BCUT2D eigenvalue weighted by Crippen LogP contribution is -2.08. The number of carbonyl (C=O) groups is 1. The van der Waals surface area contributed by atoms with E-state index in [-0.39, 0.29) is 0 Å². The summed E-state index contributed by atoms with van der Waals surface area (Å²) in [5, 5.41) is 1.76. The van der Waals surface area contributed by atoms with Gasteiger partial charge in [0.1, 0.15) is 5.69 Å². The molecule has 0 spiro atoms. The summed E-state index contributed by atoms with van der Waals surface area (Å²) in [5.74, 6) is -0.440. The minimum absolute atomic E-state index is 0.302. The second kappa shape index (κ2) is 7.25. The number of hydrogen-bond donors (Lipinski definition) is 0. The fraction of sp³-hybridized carbons (Fsp3) is 0.0909. The van der Waals surface area contributed by atoms with Gasteiger partial charge in [-0.2, -0.15) is 0 Å². The first-order valence-electron chi connectivity index (χ1n) is 8.54. The lowest BCUT2D eigenvalue weighted by Gasteiger charge is -2.11. The molecule has 4 rings (SSSR count). The molecule has 0 unspecified atom stereocenters. The van der Waals surface area contributed by atoms with Crippen LogP contribution in [0, 0.1) is 0 Å². The molecule has 2 aromatic heterocycles. The van der Waals surface area contributed by atoms with E-state index in [1.807, 2.05) is 48.5 Å². The molecular formula is C22H17ClN2O2. The van der Waals surface area contributed by atoms with Crippen molar-refractivity contribution in [2.75, 3.05) is 7.11 Å². The molecule has 4 aromatic rings. The Balaban J connectivity index is 1.84. The lowest BCUT2D eigenvalue weighted by atomic mass is 10.1. The number of fused-ring (bicyclic) bond motifs is 1. The van der Waals surface area contributed by atoms with Gasteiger partial charge >= 0.3 is 5.97 Å². The third-order valence-electron chi connectivity index (χ3n) is 4.45. The van der Waals surface area contributed by atoms with Crippen molar-refractivity contribution >= 4 is 28.5 Å². The Morgan fingerprint density at radius 3 is 2.63 bits per heavy atom. The van der Waals surface area contributed by atoms with Gasteiger partial charge in [-0.15, -0.1) is 0 Å². The number of rotatable bonds is 4. The highest BCUT2D eigenvalue weighted by atomic mass is 35.5. The Hall–Kier alpha value is -3.11. The largest absolute Gasteiger partial charge is 0.464 e. The average molecular weight is 377 g/mol. The Labute approximate surface area is 162 Å². The summed E-state index contributed by atoms with van der Waals surface area (Å²) in [6.45, 7) is 0.528. The summed E-state index contributed by atoms with van der Waals surface area (Å²) in [6.07, 6.45) is 0. The van der Waals surface area contributed by atoms with Crippen LogP contribution in [-0.2, 0) is 11.3 Å². The van der Waals surface area contributed by atoms with Crippen molar-refractivity contribution in [1.29, 1.82) is 0 Å². The predicted molar refractivity (Wildman–Crippen MR) is 107 cm³/mol. The number of halogens is 1. The van der Waals surface area contributed by atoms with E-state index in [4.69, 9.17) is 16.3 Å². The smallest absolute Gasteiger partial charge is 0.356 e. The molecule has 5 heteroatoms. The Kier molecular flexibility index (Phi) is 4.65. The predicted octanol–water partition coefficient (Wildman–Crippen LogP) is 5.19. The normalized spacial score (nSPS) is 10.9. The van der Waals surface area contributed by atoms with Gasteiger partial charge in [0.05, 0.1) is 19.3 Å². The molecular weight excluding hydrogens is 360 g/mol. The first-order valence-corrected chi connectivity index (χ1v) is 8.92. The third kappa shape index (κ3) is 3.44. The molecule has 2 aromatic carbocycles. The van der Waals surface area contributed by atoms with Gasteiger partial charge in [-0.3, -0.25) is 0 Å². The summed E-state index contributed by atoms with van der Waals surface area (Å²) >= 11 is 6.19. The number of nitrogens with zero attached hydrogens (tertiary/aromatic N) is 2. The standard InChI is InChI=1S/C22H17ClN2O2/c1-27-22(26)19-9-5-8-18(24-19)14-25-20-11-10-17(23)12-16(20)13-21(25)15-6-3-2-4-7-15/h2-13H,14H2,1H3. The summed E-state index contributed by atoms with van der Waals surface area (Å²) in [4.78, 5) is 16.3. The van der Waals surface area contributed by atoms with Gasteiger partial charge < -0.3 is 9.30 Å². The average Bonchev–Trinajstić information content (AvgIpc) is 3.05. The molecule has 0 saturated carbocycles. The van der Waals surface area contributed by atoms with Crippen LogP contribution in [0.25, 0.3) is 22.2 Å². The van der Waals surface area contributed by atoms with Crippen LogP contribution >= 0.6 is 11.6 Å². The van der Waals surface area contributed by atoms with E-state index in [1.54, 1.807) is 6.07 Å². The van der Waals surface area contributed by atoms with Crippen LogP contribution in [0.2, 0.25) is 5.02 Å². The van der Waals surface area contributed by atoms with E-state index in [1.165, 1.54) is 7.11 Å². The summed E-state index contributed by atoms with van der Waals surface area (Å²) in [7, 11) is 1.35. The first-order chi connectivity index (χ1) is 13.2. The van der Waals surface area contributed by atoms with E-state index in [0.29, 0.717) is 17.3 Å². The van der Waals surface area contributed by atoms with Crippen LogP contribution in [0.3, 0.4) is 0 Å². The van der Waals surface area contributed by atoms with E-state index in [2.05, 4.69) is 27.8 Å². The number of ether oxygens (including phenoxy) is 1. The van der Waals surface area contributed by atoms with Crippen LogP contribution in [-0.4, -0.2) is 22.6 Å². The van der Waals surface area contributed by atoms with Crippen LogP contribution in [0.1, 0.15) is 16.2 Å². The van der Waals surface area contributed by atoms with Crippen molar-refractivity contribution in [3.8, 4) is 11.3 Å². The number of hydrogen-bond acceptors (Lipinski definition) is 3. The Morgan fingerprint density at radius 1 is 1.04 bits per heavy atom. The second-order valence-corrected chi connectivity index (χ2v) is 6.63. The van der Waals surface area contributed by atoms with Crippen LogP contribution in [0.5, 0.6) is 0 Å². The molecule has 134 valence electrons. The molecule has 27 heavy (non-hydrogen) atoms. The fourth-order valence-corrected chi connectivity index (χ4v) is 3.39. The number of pyridine rings is 1. The van der Waals surface area contributed by atoms with Gasteiger partial charge in [-0.1, -0.05) is 48.0 Å². The molecule has 0 atom stereocenters. The molecule has 0 saturated heterocycles. The van der Waals surface area contributed by atoms with Gasteiger partial charge in [0.25, 0.3) is 0 Å². The molecule has 0 radical (unpaired) electrons. The summed E-state index contributed by atoms with van der Waals surface area (Å²) in [6, 6.07) is 23.5. The van der Waals surface area contributed by atoms with Gasteiger partial charge in [0.15, 0.2) is 0 Å².